The number of para-hydroxylation sites is 1. The molecule has 1 amide bonds. The Labute approximate surface area is 219 Å². The van der Waals surface area contributed by atoms with Crippen LogP contribution in [0.25, 0.3) is 11.3 Å². The average Bonchev–Trinajstić information content (AvgIpc) is 3.63. The van der Waals surface area contributed by atoms with Gasteiger partial charge in [0.05, 0.1) is 30.5 Å². The molecule has 0 radical (unpaired) electrons. The largest absolute Gasteiger partial charge is 0.340 e. The van der Waals surface area contributed by atoms with E-state index in [2.05, 4.69) is 15.2 Å². The number of amides is 1. The Kier molecular flexibility index (Phi) is 5.24. The Hall–Kier alpha value is -4.53. The van der Waals surface area contributed by atoms with Crippen molar-refractivity contribution in [2.45, 2.75) is 37.9 Å². The molecule has 0 saturated heterocycles. The molecule has 2 aromatic heterocycles. The van der Waals surface area contributed by atoms with Crippen LogP contribution in [0.2, 0.25) is 0 Å². The number of benzene rings is 2. The first kappa shape index (κ1) is 22.7. The Morgan fingerprint density at radius 2 is 1.84 bits per heavy atom. The summed E-state index contributed by atoms with van der Waals surface area (Å²) in [6.07, 6.45) is 4.41. The van der Waals surface area contributed by atoms with E-state index in [1.807, 2.05) is 59.3 Å². The smallest absolute Gasteiger partial charge is 0.267 e. The van der Waals surface area contributed by atoms with Crippen molar-refractivity contribution >= 4 is 29.2 Å². The summed E-state index contributed by atoms with van der Waals surface area (Å²) in [6.45, 7) is 0.463. The maximum atomic E-state index is 13.7. The number of anilines is 3. The van der Waals surface area contributed by atoms with Crippen LogP contribution in [-0.2, 0) is 6.54 Å². The minimum absolute atomic E-state index is 0.114. The highest BCUT2D eigenvalue weighted by molar-refractivity contribution is 6.21. The first-order valence-electron chi connectivity index (χ1n) is 12.9. The van der Waals surface area contributed by atoms with Gasteiger partial charge >= 0.3 is 0 Å². The summed E-state index contributed by atoms with van der Waals surface area (Å²) < 4.78 is 15.2. The number of rotatable bonds is 5. The van der Waals surface area contributed by atoms with Gasteiger partial charge in [-0.1, -0.05) is 42.5 Å². The minimum Gasteiger partial charge on any atom is -0.340 e. The number of halogens is 1. The molecule has 9 heteroatoms. The first-order valence-corrected chi connectivity index (χ1v) is 12.9. The molecule has 2 unspecified atom stereocenters. The number of pyridine rings is 1. The van der Waals surface area contributed by atoms with Gasteiger partial charge in [-0.15, -0.1) is 0 Å². The molecule has 3 aliphatic rings. The molecular formula is C29H26FN7O. The molecule has 38 heavy (non-hydrogen) atoms. The third kappa shape index (κ3) is 3.65. The first-order chi connectivity index (χ1) is 18.6. The van der Waals surface area contributed by atoms with Crippen LogP contribution < -0.4 is 10.2 Å². The van der Waals surface area contributed by atoms with Gasteiger partial charge in [-0.25, -0.2) is 14.1 Å². The molecule has 0 spiro atoms. The van der Waals surface area contributed by atoms with Crippen LogP contribution in [0.4, 0.5) is 21.7 Å². The Morgan fingerprint density at radius 3 is 2.61 bits per heavy atom. The van der Waals surface area contributed by atoms with Gasteiger partial charge in [-0.3, -0.25) is 19.6 Å². The van der Waals surface area contributed by atoms with E-state index >= 15 is 0 Å². The van der Waals surface area contributed by atoms with Crippen LogP contribution in [0.15, 0.2) is 77.9 Å². The number of nitrogens with one attached hydrogen (secondary N) is 1. The number of hydrogen-bond donors (Lipinski definition) is 1. The predicted molar refractivity (Wildman–Crippen MR) is 144 cm³/mol. The van der Waals surface area contributed by atoms with Gasteiger partial charge in [-0.05, 0) is 49.1 Å². The van der Waals surface area contributed by atoms with Crippen molar-refractivity contribution in [1.29, 1.82) is 0 Å². The van der Waals surface area contributed by atoms with Crippen molar-refractivity contribution in [2.75, 3.05) is 17.3 Å². The van der Waals surface area contributed by atoms with Crippen molar-refractivity contribution < 1.29 is 9.18 Å². The Balaban J connectivity index is 1.29. The fourth-order valence-electron chi connectivity index (χ4n) is 5.70. The Bertz CT molecular complexity index is 1550. The predicted octanol–water partition coefficient (Wildman–Crippen LogP) is 5.06. The van der Waals surface area contributed by atoms with Crippen LogP contribution >= 0.6 is 0 Å². The van der Waals surface area contributed by atoms with Gasteiger partial charge in [0.25, 0.3) is 5.91 Å². The number of fused-ring (bicyclic) bond motifs is 5. The molecule has 190 valence electrons. The molecule has 2 atom stereocenters. The fourth-order valence-corrected chi connectivity index (χ4v) is 5.70. The summed E-state index contributed by atoms with van der Waals surface area (Å²) in [5.74, 6) is 1.56. The SMILES string of the molecule is CN1C(=O)c2c(nn(Cc3ccc(-c4ccc(F)cn4)cc3)c2Nc2ccccc2)N2C1=NC1CCCC12. The maximum Gasteiger partial charge on any atom is 0.267 e. The molecule has 2 aromatic carbocycles. The monoisotopic (exact) mass is 507 g/mol. The minimum atomic E-state index is -0.359. The maximum absolute atomic E-state index is 13.7. The third-order valence-electron chi connectivity index (χ3n) is 7.60. The van der Waals surface area contributed by atoms with E-state index in [0.717, 1.165) is 36.1 Å². The molecule has 4 aromatic rings. The summed E-state index contributed by atoms with van der Waals surface area (Å²) >= 11 is 0. The lowest BCUT2D eigenvalue weighted by molar-refractivity contribution is 0.0866. The van der Waals surface area contributed by atoms with E-state index in [1.54, 1.807) is 18.0 Å². The Morgan fingerprint density at radius 1 is 1.03 bits per heavy atom. The molecule has 1 aliphatic carbocycles. The second-order valence-electron chi connectivity index (χ2n) is 9.98. The highest BCUT2D eigenvalue weighted by Gasteiger charge is 2.49. The van der Waals surface area contributed by atoms with Crippen LogP contribution in [-0.4, -0.2) is 50.7 Å². The van der Waals surface area contributed by atoms with E-state index in [9.17, 15) is 9.18 Å². The van der Waals surface area contributed by atoms with Crippen LogP contribution in [0, 0.1) is 5.82 Å². The van der Waals surface area contributed by atoms with E-state index < -0.39 is 0 Å². The number of aromatic nitrogens is 3. The third-order valence-corrected chi connectivity index (χ3v) is 7.60. The second kappa shape index (κ2) is 8.79. The second-order valence-corrected chi connectivity index (χ2v) is 9.98. The normalized spacial score (nSPS) is 19.7. The van der Waals surface area contributed by atoms with Crippen molar-refractivity contribution in [3.63, 3.8) is 0 Å². The number of guanidine groups is 1. The number of carbonyl (C=O) groups excluding carboxylic acids is 1. The lowest BCUT2D eigenvalue weighted by Gasteiger charge is -2.34. The molecular weight excluding hydrogens is 481 g/mol. The zero-order chi connectivity index (χ0) is 25.8. The van der Waals surface area contributed by atoms with Crippen LogP contribution in [0.3, 0.4) is 0 Å². The molecule has 1 N–H and O–H groups in total. The molecule has 1 saturated carbocycles. The van der Waals surface area contributed by atoms with Gasteiger partial charge in [0.1, 0.15) is 17.2 Å². The number of aliphatic imine (C=N–C) groups is 1. The topological polar surface area (TPSA) is 78.7 Å². The van der Waals surface area contributed by atoms with E-state index in [-0.39, 0.29) is 23.8 Å². The van der Waals surface area contributed by atoms with Gasteiger partial charge in [0, 0.05) is 18.3 Å². The van der Waals surface area contributed by atoms with Crippen molar-refractivity contribution in [1.82, 2.24) is 19.7 Å². The summed E-state index contributed by atoms with van der Waals surface area (Å²) in [4.78, 5) is 26.6. The van der Waals surface area contributed by atoms with Crippen molar-refractivity contribution in [3.8, 4) is 11.3 Å². The molecule has 8 nitrogen and oxygen atoms in total. The van der Waals surface area contributed by atoms with Gasteiger partial charge in [0.15, 0.2) is 5.82 Å². The van der Waals surface area contributed by atoms with Gasteiger partial charge in [0.2, 0.25) is 5.96 Å². The molecule has 4 heterocycles. The number of hydrogen-bond acceptors (Lipinski definition) is 6. The van der Waals surface area contributed by atoms with E-state index in [0.29, 0.717) is 35.4 Å². The zero-order valence-electron chi connectivity index (χ0n) is 20.9. The summed E-state index contributed by atoms with van der Waals surface area (Å²) in [5.41, 5.74) is 4.07. The van der Waals surface area contributed by atoms with Crippen molar-refractivity contribution in [2.24, 2.45) is 4.99 Å². The molecule has 0 bridgehead atoms. The van der Waals surface area contributed by atoms with E-state index in [4.69, 9.17) is 10.1 Å². The summed E-state index contributed by atoms with van der Waals surface area (Å²) in [5, 5.41) is 8.49. The summed E-state index contributed by atoms with van der Waals surface area (Å²) in [7, 11) is 1.80. The quantitative estimate of drug-likeness (QED) is 0.409. The van der Waals surface area contributed by atoms with Gasteiger partial charge < -0.3 is 5.32 Å². The van der Waals surface area contributed by atoms with Gasteiger partial charge in [-0.2, -0.15) is 5.10 Å². The lowest BCUT2D eigenvalue weighted by Crippen LogP contribution is -2.51. The zero-order valence-corrected chi connectivity index (χ0v) is 20.9. The highest BCUT2D eigenvalue weighted by atomic mass is 19.1. The van der Waals surface area contributed by atoms with Crippen molar-refractivity contribution in [3.05, 3.63) is 89.9 Å². The lowest BCUT2D eigenvalue weighted by atomic mass is 10.1. The molecule has 7 rings (SSSR count). The molecule has 2 aliphatic heterocycles. The highest BCUT2D eigenvalue weighted by Crippen LogP contribution is 2.43. The summed E-state index contributed by atoms with van der Waals surface area (Å²) in [6, 6.07) is 21.3. The molecule has 1 fully saturated rings. The van der Waals surface area contributed by atoms with E-state index in [1.165, 1.54) is 12.3 Å². The number of nitrogens with zero attached hydrogens (tertiary/aromatic N) is 6. The average molecular weight is 508 g/mol. The van der Waals surface area contributed by atoms with Crippen LogP contribution in [0.5, 0.6) is 0 Å². The number of carbonyl (C=O) groups is 1. The standard InChI is InChI=1S/C29H26FN7O/c1-35-28(38)25-26(32-21-6-3-2-4-7-21)36(34-27(25)37-24-9-5-8-23(24)33-29(35)37)17-18-10-12-19(13-11-18)22-15-14-20(30)16-31-22/h2-4,6-7,10-16,23-24,32H,5,8-9,17H2,1H3. The van der Waals surface area contributed by atoms with Crippen LogP contribution in [0.1, 0.15) is 35.2 Å². The fraction of sp³-hybridized carbons (Fsp3) is 0.241.